The van der Waals surface area contributed by atoms with Gasteiger partial charge in [-0.2, -0.15) is 0 Å². The summed E-state index contributed by atoms with van der Waals surface area (Å²) in [5, 5.41) is 3.28. The molecule has 0 aliphatic carbocycles. The standard InChI is InChI=1S/C17H25BrN2O3.ClH/c1-4-9-23-16-14(18)10-12(11-15(16)22-3)17(21)20-7-5-13(19-2)6-8-20;/h10-11,13,19H,4-9H2,1-3H3;1H. The van der Waals surface area contributed by atoms with Crippen molar-refractivity contribution in [2.45, 2.75) is 32.2 Å². The Morgan fingerprint density at radius 2 is 2.04 bits per heavy atom. The lowest BCUT2D eigenvalue weighted by molar-refractivity contribution is 0.0707. The third-order valence-electron chi connectivity index (χ3n) is 4.12. The van der Waals surface area contributed by atoms with E-state index in [9.17, 15) is 4.79 Å². The van der Waals surface area contributed by atoms with E-state index in [0.717, 1.165) is 36.8 Å². The van der Waals surface area contributed by atoms with Crippen molar-refractivity contribution in [3.63, 3.8) is 0 Å². The van der Waals surface area contributed by atoms with Crippen molar-refractivity contribution in [3.8, 4) is 11.5 Å². The van der Waals surface area contributed by atoms with Crippen molar-refractivity contribution in [1.29, 1.82) is 0 Å². The highest BCUT2D eigenvalue weighted by Crippen LogP contribution is 2.37. The summed E-state index contributed by atoms with van der Waals surface area (Å²) in [6.07, 6.45) is 2.88. The van der Waals surface area contributed by atoms with Gasteiger partial charge >= 0.3 is 0 Å². The number of nitrogens with zero attached hydrogens (tertiary/aromatic N) is 1. The summed E-state index contributed by atoms with van der Waals surface area (Å²) in [7, 11) is 3.56. The number of benzene rings is 1. The lowest BCUT2D eigenvalue weighted by Crippen LogP contribution is -2.43. The Balaban J connectivity index is 0.00000288. The van der Waals surface area contributed by atoms with E-state index in [0.29, 0.717) is 29.7 Å². The number of amides is 1. The predicted molar refractivity (Wildman–Crippen MR) is 102 cm³/mol. The average Bonchev–Trinajstić information content (AvgIpc) is 2.59. The molecule has 0 spiro atoms. The second-order valence-corrected chi connectivity index (χ2v) is 6.55. The van der Waals surface area contributed by atoms with Gasteiger partial charge in [0.2, 0.25) is 0 Å². The Morgan fingerprint density at radius 1 is 1.38 bits per heavy atom. The molecule has 2 rings (SSSR count). The molecule has 0 saturated carbocycles. The first-order valence-corrected chi connectivity index (χ1v) is 8.86. The molecule has 1 fully saturated rings. The molecule has 1 N–H and O–H groups in total. The van der Waals surface area contributed by atoms with Crippen LogP contribution in [0.4, 0.5) is 0 Å². The molecule has 7 heteroatoms. The molecule has 5 nitrogen and oxygen atoms in total. The van der Waals surface area contributed by atoms with Crippen molar-refractivity contribution in [2.24, 2.45) is 0 Å². The second kappa shape index (κ2) is 10.1. The van der Waals surface area contributed by atoms with Crippen molar-refractivity contribution >= 4 is 34.2 Å². The molecule has 0 bridgehead atoms. The topological polar surface area (TPSA) is 50.8 Å². The van der Waals surface area contributed by atoms with Gasteiger partial charge in [-0.25, -0.2) is 0 Å². The van der Waals surface area contributed by atoms with Gasteiger partial charge in [0.15, 0.2) is 11.5 Å². The molecule has 0 atom stereocenters. The highest BCUT2D eigenvalue weighted by Gasteiger charge is 2.24. The molecule has 1 saturated heterocycles. The van der Waals surface area contributed by atoms with Crippen LogP contribution < -0.4 is 14.8 Å². The van der Waals surface area contributed by atoms with E-state index in [1.807, 2.05) is 24.9 Å². The summed E-state index contributed by atoms with van der Waals surface area (Å²) in [5.41, 5.74) is 0.625. The zero-order chi connectivity index (χ0) is 16.8. The first kappa shape index (κ1) is 21.1. The molecule has 1 aromatic carbocycles. The van der Waals surface area contributed by atoms with Crippen LogP contribution in [0.1, 0.15) is 36.5 Å². The fourth-order valence-electron chi connectivity index (χ4n) is 2.74. The fourth-order valence-corrected chi connectivity index (χ4v) is 3.30. The summed E-state index contributed by atoms with van der Waals surface area (Å²) >= 11 is 3.50. The zero-order valence-electron chi connectivity index (χ0n) is 14.4. The van der Waals surface area contributed by atoms with Gasteiger partial charge in [0.05, 0.1) is 18.2 Å². The lowest BCUT2D eigenvalue weighted by atomic mass is 10.0. The highest BCUT2D eigenvalue weighted by atomic mass is 79.9. The number of methoxy groups -OCH3 is 1. The van der Waals surface area contributed by atoms with Crippen LogP contribution in [0.15, 0.2) is 16.6 Å². The van der Waals surface area contributed by atoms with Gasteiger partial charge < -0.3 is 19.7 Å². The van der Waals surface area contributed by atoms with Crippen LogP contribution in [-0.4, -0.2) is 50.7 Å². The highest BCUT2D eigenvalue weighted by molar-refractivity contribution is 9.10. The van der Waals surface area contributed by atoms with E-state index in [1.165, 1.54) is 0 Å². The number of halogens is 2. The summed E-state index contributed by atoms with van der Waals surface area (Å²) in [5.74, 6) is 1.28. The molecule has 1 aliphatic rings. The van der Waals surface area contributed by atoms with E-state index in [4.69, 9.17) is 9.47 Å². The third-order valence-corrected chi connectivity index (χ3v) is 4.71. The maximum absolute atomic E-state index is 12.7. The smallest absolute Gasteiger partial charge is 0.254 e. The monoisotopic (exact) mass is 420 g/mol. The van der Waals surface area contributed by atoms with Gasteiger partial charge in [-0.1, -0.05) is 6.92 Å². The summed E-state index contributed by atoms with van der Waals surface area (Å²) in [4.78, 5) is 14.6. The molecule has 0 radical (unpaired) electrons. The van der Waals surface area contributed by atoms with E-state index in [1.54, 1.807) is 13.2 Å². The molecule has 1 heterocycles. The minimum absolute atomic E-state index is 0. The number of likely N-dealkylation sites (tertiary alicyclic amines) is 1. The Kier molecular flexibility index (Phi) is 8.87. The number of piperidine rings is 1. The van der Waals surface area contributed by atoms with Crippen LogP contribution in [0, 0.1) is 0 Å². The van der Waals surface area contributed by atoms with Crippen LogP contribution >= 0.6 is 28.3 Å². The van der Waals surface area contributed by atoms with Crippen LogP contribution in [0.2, 0.25) is 0 Å². The van der Waals surface area contributed by atoms with E-state index < -0.39 is 0 Å². The van der Waals surface area contributed by atoms with E-state index in [-0.39, 0.29) is 18.3 Å². The number of carbonyl (C=O) groups is 1. The van der Waals surface area contributed by atoms with Gasteiger partial charge in [0.1, 0.15) is 0 Å². The lowest BCUT2D eigenvalue weighted by Gasteiger charge is -2.32. The second-order valence-electron chi connectivity index (χ2n) is 5.69. The Labute approximate surface area is 158 Å². The summed E-state index contributed by atoms with van der Waals surface area (Å²) in [6.45, 7) is 4.21. The molecular formula is C17H26BrClN2O3. The number of hydrogen-bond acceptors (Lipinski definition) is 4. The molecule has 1 aliphatic heterocycles. The largest absolute Gasteiger partial charge is 0.493 e. The molecular weight excluding hydrogens is 396 g/mol. The predicted octanol–water partition coefficient (Wildman–Crippen LogP) is 3.49. The quantitative estimate of drug-likeness (QED) is 0.764. The number of ether oxygens (including phenoxy) is 2. The number of carbonyl (C=O) groups excluding carboxylic acids is 1. The van der Waals surface area contributed by atoms with Gasteiger partial charge in [-0.15, -0.1) is 12.4 Å². The molecule has 136 valence electrons. The van der Waals surface area contributed by atoms with Crippen molar-refractivity contribution in [1.82, 2.24) is 10.2 Å². The Hall–Kier alpha value is -0.980. The maximum Gasteiger partial charge on any atom is 0.254 e. The maximum atomic E-state index is 12.7. The number of rotatable bonds is 6. The van der Waals surface area contributed by atoms with Crippen LogP contribution in [0.25, 0.3) is 0 Å². The van der Waals surface area contributed by atoms with Gasteiger partial charge in [0.25, 0.3) is 5.91 Å². The fraction of sp³-hybridized carbons (Fsp3) is 0.588. The molecule has 0 aromatic heterocycles. The van der Waals surface area contributed by atoms with Crippen LogP contribution in [0.3, 0.4) is 0 Å². The van der Waals surface area contributed by atoms with E-state index >= 15 is 0 Å². The summed E-state index contributed by atoms with van der Waals surface area (Å²) in [6, 6.07) is 4.09. The minimum atomic E-state index is 0. The van der Waals surface area contributed by atoms with Crippen LogP contribution in [-0.2, 0) is 0 Å². The minimum Gasteiger partial charge on any atom is -0.493 e. The van der Waals surface area contributed by atoms with Crippen molar-refractivity contribution in [3.05, 3.63) is 22.2 Å². The van der Waals surface area contributed by atoms with Gasteiger partial charge in [-0.05, 0) is 54.4 Å². The van der Waals surface area contributed by atoms with Crippen molar-refractivity contribution in [2.75, 3.05) is 33.9 Å². The molecule has 0 unspecified atom stereocenters. The van der Waals surface area contributed by atoms with E-state index in [2.05, 4.69) is 21.2 Å². The molecule has 1 aromatic rings. The molecule has 24 heavy (non-hydrogen) atoms. The normalized spacial score (nSPS) is 14.9. The van der Waals surface area contributed by atoms with Crippen molar-refractivity contribution < 1.29 is 14.3 Å². The molecule has 1 amide bonds. The zero-order valence-corrected chi connectivity index (χ0v) is 16.8. The first-order valence-electron chi connectivity index (χ1n) is 8.07. The third kappa shape index (κ3) is 5.01. The van der Waals surface area contributed by atoms with Crippen LogP contribution in [0.5, 0.6) is 11.5 Å². The Morgan fingerprint density at radius 3 is 2.58 bits per heavy atom. The first-order chi connectivity index (χ1) is 11.1. The number of nitrogens with one attached hydrogen (secondary N) is 1. The van der Waals surface area contributed by atoms with Gasteiger partial charge in [-0.3, -0.25) is 4.79 Å². The SMILES string of the molecule is CCCOc1c(Br)cc(C(=O)N2CCC(NC)CC2)cc1OC.Cl. The average molecular weight is 422 g/mol. The van der Waals surface area contributed by atoms with Gasteiger partial charge in [0, 0.05) is 24.7 Å². The summed E-state index contributed by atoms with van der Waals surface area (Å²) < 4.78 is 11.9. The Bertz CT molecular complexity index is 549. The number of hydrogen-bond donors (Lipinski definition) is 1.